The lowest BCUT2D eigenvalue weighted by Crippen LogP contribution is -2.11. The molecule has 0 saturated carbocycles. The van der Waals surface area contributed by atoms with Crippen LogP contribution < -0.4 is 10.6 Å². The Labute approximate surface area is 145 Å². The molecule has 0 spiro atoms. The van der Waals surface area contributed by atoms with Gasteiger partial charge in [0.1, 0.15) is 0 Å². The number of aromatic amines is 1. The molecule has 0 saturated heterocycles. The monoisotopic (exact) mass is 333 g/mol. The smallest absolute Gasteiger partial charge is 0.228 e. The molecule has 2 amide bonds. The van der Waals surface area contributed by atoms with E-state index in [1.807, 2.05) is 36.5 Å². The van der Waals surface area contributed by atoms with E-state index in [1.54, 1.807) is 0 Å². The molecule has 1 aliphatic rings. The molecule has 0 bridgehead atoms. The molecule has 0 radical (unpaired) electrons. The minimum Gasteiger partial charge on any atom is -0.361 e. The summed E-state index contributed by atoms with van der Waals surface area (Å²) in [5.74, 6) is -0.00530. The van der Waals surface area contributed by atoms with Crippen LogP contribution in [-0.2, 0) is 22.4 Å². The number of H-pyrrole nitrogens is 1. The minimum absolute atomic E-state index is 0.00259. The molecular weight excluding hydrogens is 314 g/mol. The Bertz CT molecular complexity index is 958. The van der Waals surface area contributed by atoms with Crippen LogP contribution in [0.4, 0.5) is 11.4 Å². The summed E-state index contributed by atoms with van der Waals surface area (Å²) >= 11 is 0. The molecule has 0 unspecified atom stereocenters. The molecule has 126 valence electrons. The number of anilines is 2. The van der Waals surface area contributed by atoms with Gasteiger partial charge in [-0.05, 0) is 48.2 Å². The fourth-order valence-electron chi connectivity index (χ4n) is 3.31. The van der Waals surface area contributed by atoms with Crippen molar-refractivity contribution >= 4 is 34.1 Å². The minimum atomic E-state index is -0.00271. The SMILES string of the molecule is O=C(CCCc1c[nH]c2ccccc12)Nc1ccc2c(c1)CC(=O)N2. The predicted octanol–water partition coefficient (Wildman–Crippen LogP) is 3.62. The van der Waals surface area contributed by atoms with Crippen molar-refractivity contribution in [2.75, 3.05) is 10.6 Å². The van der Waals surface area contributed by atoms with Gasteiger partial charge in [0.2, 0.25) is 11.8 Å². The first-order valence-corrected chi connectivity index (χ1v) is 8.47. The first-order valence-electron chi connectivity index (χ1n) is 8.47. The van der Waals surface area contributed by atoms with E-state index in [2.05, 4.69) is 27.8 Å². The van der Waals surface area contributed by atoms with Gasteiger partial charge in [-0.25, -0.2) is 0 Å². The summed E-state index contributed by atoms with van der Waals surface area (Å²) in [6.07, 6.45) is 4.51. The van der Waals surface area contributed by atoms with Crippen molar-refractivity contribution in [2.45, 2.75) is 25.7 Å². The number of carbonyl (C=O) groups is 2. The first kappa shape index (κ1) is 15.4. The second kappa shape index (κ2) is 6.43. The molecule has 1 aliphatic heterocycles. The lowest BCUT2D eigenvalue weighted by molar-refractivity contribution is -0.116. The van der Waals surface area contributed by atoms with Crippen LogP contribution >= 0.6 is 0 Å². The molecule has 2 heterocycles. The molecule has 3 N–H and O–H groups in total. The van der Waals surface area contributed by atoms with E-state index in [4.69, 9.17) is 0 Å². The van der Waals surface area contributed by atoms with E-state index in [-0.39, 0.29) is 11.8 Å². The largest absolute Gasteiger partial charge is 0.361 e. The zero-order valence-electron chi connectivity index (χ0n) is 13.8. The maximum absolute atomic E-state index is 12.2. The van der Waals surface area contributed by atoms with Crippen LogP contribution in [0.25, 0.3) is 10.9 Å². The number of fused-ring (bicyclic) bond motifs is 2. The summed E-state index contributed by atoms with van der Waals surface area (Å²) in [5.41, 5.74) is 4.88. The number of amides is 2. The fraction of sp³-hybridized carbons (Fsp3) is 0.200. The third kappa shape index (κ3) is 3.26. The van der Waals surface area contributed by atoms with Gasteiger partial charge in [0.15, 0.2) is 0 Å². The van der Waals surface area contributed by atoms with E-state index in [0.717, 1.165) is 35.3 Å². The highest BCUT2D eigenvalue weighted by Gasteiger charge is 2.17. The molecule has 3 aromatic rings. The Morgan fingerprint density at radius 2 is 2.04 bits per heavy atom. The number of hydrogen-bond donors (Lipinski definition) is 3. The zero-order valence-corrected chi connectivity index (χ0v) is 13.8. The van der Waals surface area contributed by atoms with E-state index >= 15 is 0 Å². The molecule has 25 heavy (non-hydrogen) atoms. The van der Waals surface area contributed by atoms with E-state index in [1.165, 1.54) is 10.9 Å². The summed E-state index contributed by atoms with van der Waals surface area (Å²) in [7, 11) is 0. The molecule has 5 heteroatoms. The molecule has 1 aromatic heterocycles. The molecule has 0 atom stereocenters. The van der Waals surface area contributed by atoms with Crippen LogP contribution in [0.1, 0.15) is 24.0 Å². The van der Waals surface area contributed by atoms with Crippen LogP contribution in [0.3, 0.4) is 0 Å². The highest BCUT2D eigenvalue weighted by atomic mass is 16.2. The van der Waals surface area contributed by atoms with E-state index in [9.17, 15) is 9.59 Å². The number of carbonyl (C=O) groups excluding carboxylic acids is 2. The van der Waals surface area contributed by atoms with Crippen LogP contribution in [0.15, 0.2) is 48.7 Å². The molecule has 0 fully saturated rings. The zero-order chi connectivity index (χ0) is 17.2. The molecule has 0 aliphatic carbocycles. The second-order valence-electron chi connectivity index (χ2n) is 6.36. The van der Waals surface area contributed by atoms with Gasteiger partial charge in [-0.2, -0.15) is 0 Å². The van der Waals surface area contributed by atoms with Crippen molar-refractivity contribution in [3.05, 3.63) is 59.8 Å². The van der Waals surface area contributed by atoms with Crippen molar-refractivity contribution in [2.24, 2.45) is 0 Å². The van der Waals surface area contributed by atoms with Crippen molar-refractivity contribution < 1.29 is 9.59 Å². The van der Waals surface area contributed by atoms with Gasteiger partial charge in [-0.1, -0.05) is 18.2 Å². The van der Waals surface area contributed by atoms with Gasteiger partial charge >= 0.3 is 0 Å². The summed E-state index contributed by atoms with van der Waals surface area (Å²) in [6, 6.07) is 13.7. The first-order chi connectivity index (χ1) is 12.2. The number of hydrogen-bond acceptors (Lipinski definition) is 2. The van der Waals surface area contributed by atoms with Crippen LogP contribution in [0.2, 0.25) is 0 Å². The van der Waals surface area contributed by atoms with Gasteiger partial charge in [-0.3, -0.25) is 9.59 Å². The number of para-hydroxylation sites is 1. The van der Waals surface area contributed by atoms with Gasteiger partial charge in [0.05, 0.1) is 6.42 Å². The maximum Gasteiger partial charge on any atom is 0.228 e. The Hall–Kier alpha value is -3.08. The molecule has 5 nitrogen and oxygen atoms in total. The standard InChI is InChI=1S/C20H19N3O2/c24-19(22-15-8-9-17-14(10-15)11-20(25)23-17)7-3-4-13-12-21-18-6-2-1-5-16(13)18/h1-2,5-6,8-10,12,21H,3-4,7,11H2,(H,22,24)(H,23,25). The number of aromatic nitrogens is 1. The Morgan fingerprint density at radius 3 is 2.96 bits per heavy atom. The highest BCUT2D eigenvalue weighted by Crippen LogP contribution is 2.26. The topological polar surface area (TPSA) is 74.0 Å². The lowest BCUT2D eigenvalue weighted by atomic mass is 10.1. The van der Waals surface area contributed by atoms with Gasteiger partial charge < -0.3 is 15.6 Å². The number of benzene rings is 2. The summed E-state index contributed by atoms with van der Waals surface area (Å²) in [6.45, 7) is 0. The van der Waals surface area contributed by atoms with Gasteiger partial charge in [0, 0.05) is 34.9 Å². The quantitative estimate of drug-likeness (QED) is 0.667. The van der Waals surface area contributed by atoms with E-state index < -0.39 is 0 Å². The molecule has 2 aromatic carbocycles. The Kier molecular flexibility index (Phi) is 3.98. The Morgan fingerprint density at radius 1 is 1.16 bits per heavy atom. The fourth-order valence-corrected chi connectivity index (χ4v) is 3.31. The third-order valence-corrected chi connectivity index (χ3v) is 4.54. The van der Waals surface area contributed by atoms with Crippen LogP contribution in [-0.4, -0.2) is 16.8 Å². The van der Waals surface area contributed by atoms with Gasteiger partial charge in [-0.15, -0.1) is 0 Å². The number of nitrogens with one attached hydrogen (secondary N) is 3. The lowest BCUT2D eigenvalue weighted by Gasteiger charge is -2.07. The average molecular weight is 333 g/mol. The van der Waals surface area contributed by atoms with Gasteiger partial charge in [0.25, 0.3) is 0 Å². The van der Waals surface area contributed by atoms with Crippen molar-refractivity contribution in [3.63, 3.8) is 0 Å². The Balaban J connectivity index is 1.32. The maximum atomic E-state index is 12.2. The third-order valence-electron chi connectivity index (χ3n) is 4.54. The molecule has 4 rings (SSSR count). The van der Waals surface area contributed by atoms with Crippen molar-refractivity contribution in [1.29, 1.82) is 0 Å². The second-order valence-corrected chi connectivity index (χ2v) is 6.36. The summed E-state index contributed by atoms with van der Waals surface area (Å²) < 4.78 is 0. The molecular formula is C20H19N3O2. The number of aryl methyl sites for hydroxylation is 1. The number of rotatable bonds is 5. The van der Waals surface area contributed by atoms with E-state index in [0.29, 0.717) is 12.8 Å². The predicted molar refractivity (Wildman–Crippen MR) is 98.6 cm³/mol. The van der Waals surface area contributed by atoms with Crippen LogP contribution in [0.5, 0.6) is 0 Å². The normalized spacial score (nSPS) is 12.9. The summed E-state index contributed by atoms with van der Waals surface area (Å²) in [4.78, 5) is 26.8. The van der Waals surface area contributed by atoms with Crippen LogP contribution in [0, 0.1) is 0 Å². The summed E-state index contributed by atoms with van der Waals surface area (Å²) in [5, 5.41) is 6.93. The average Bonchev–Trinajstić information content (AvgIpc) is 3.17. The highest BCUT2D eigenvalue weighted by molar-refractivity contribution is 6.00. The van der Waals surface area contributed by atoms with Crippen molar-refractivity contribution in [3.8, 4) is 0 Å². The van der Waals surface area contributed by atoms with Crippen molar-refractivity contribution in [1.82, 2.24) is 4.98 Å².